The summed E-state index contributed by atoms with van der Waals surface area (Å²) in [6, 6.07) is 6.66. The third-order valence-electron chi connectivity index (χ3n) is 4.52. The quantitative estimate of drug-likeness (QED) is 0.881. The van der Waals surface area contributed by atoms with E-state index in [1.807, 2.05) is 7.05 Å². The van der Waals surface area contributed by atoms with E-state index in [4.69, 9.17) is 0 Å². The number of piperazine rings is 1. The lowest BCUT2D eigenvalue weighted by Gasteiger charge is -2.30. The lowest BCUT2D eigenvalue weighted by atomic mass is 10.1. The topological polar surface area (TPSA) is 42.6 Å². The summed E-state index contributed by atoms with van der Waals surface area (Å²) >= 11 is 0. The maximum Gasteiger partial charge on any atom is 0.434 e. The molecule has 0 bridgehead atoms. The molecular weight excluding hydrogens is 333 g/mol. The van der Waals surface area contributed by atoms with E-state index in [1.54, 1.807) is 31.2 Å². The molecule has 1 N–H and O–H groups in total. The molecule has 1 saturated heterocycles. The molecule has 0 saturated carbocycles. The van der Waals surface area contributed by atoms with Crippen molar-refractivity contribution in [1.82, 2.24) is 14.7 Å². The van der Waals surface area contributed by atoms with Gasteiger partial charge >= 0.3 is 6.18 Å². The van der Waals surface area contributed by atoms with Crippen LogP contribution in [0.1, 0.15) is 21.6 Å². The average Bonchev–Trinajstić information content (AvgIpc) is 3.00. The molecule has 25 heavy (non-hydrogen) atoms. The number of aryl methyl sites for hydroxylation is 1. The first kappa shape index (κ1) is 17.5. The number of nitrogens with one attached hydrogen (secondary N) is 1. The van der Waals surface area contributed by atoms with Crippen LogP contribution < -0.4 is 4.90 Å². The molecule has 0 aliphatic carbocycles. The lowest BCUT2D eigenvalue weighted by molar-refractivity contribution is -0.883. The molecule has 134 valence electrons. The number of aromatic nitrogens is 2. The van der Waals surface area contributed by atoms with Crippen LogP contribution in [0.2, 0.25) is 0 Å². The Morgan fingerprint density at radius 3 is 2.44 bits per heavy atom. The second-order valence-electron chi connectivity index (χ2n) is 6.35. The maximum atomic E-state index is 13.7. The number of hydrogen-bond donors (Lipinski definition) is 1. The summed E-state index contributed by atoms with van der Waals surface area (Å²) in [5.41, 5.74) is -0.441. The Kier molecular flexibility index (Phi) is 4.55. The van der Waals surface area contributed by atoms with Crippen molar-refractivity contribution in [3.8, 4) is 5.69 Å². The molecule has 0 spiro atoms. The molecular formula is C17H20F3N4O+. The highest BCUT2D eigenvalue weighted by Crippen LogP contribution is 2.34. The van der Waals surface area contributed by atoms with Gasteiger partial charge in [0.1, 0.15) is 0 Å². The standard InChI is InChI=1S/C17H19F3N4O/c1-12-5-3-4-6-14(12)24-15(17(18,19)20)13(11-21-24)16(25)23-9-7-22(2)8-10-23/h3-6,11H,7-10H2,1-2H3/p+1. The number of likely N-dealkylation sites (N-methyl/N-ethyl adjacent to an activating group) is 1. The molecule has 0 unspecified atom stereocenters. The van der Waals surface area contributed by atoms with E-state index in [1.165, 1.54) is 9.80 Å². The molecule has 3 rings (SSSR count). The Labute approximate surface area is 143 Å². The Morgan fingerprint density at radius 2 is 1.84 bits per heavy atom. The van der Waals surface area contributed by atoms with Crippen molar-refractivity contribution in [2.75, 3.05) is 33.2 Å². The van der Waals surface area contributed by atoms with E-state index in [9.17, 15) is 18.0 Å². The van der Waals surface area contributed by atoms with Gasteiger partial charge in [-0.2, -0.15) is 18.3 Å². The molecule has 8 heteroatoms. The largest absolute Gasteiger partial charge is 0.434 e. The van der Waals surface area contributed by atoms with Gasteiger partial charge in [-0.1, -0.05) is 18.2 Å². The molecule has 0 radical (unpaired) electrons. The number of carbonyl (C=O) groups excluding carboxylic acids is 1. The molecule has 0 atom stereocenters. The van der Waals surface area contributed by atoms with Crippen LogP contribution in [0.25, 0.3) is 5.69 Å². The van der Waals surface area contributed by atoms with Crippen molar-refractivity contribution < 1.29 is 22.9 Å². The van der Waals surface area contributed by atoms with E-state index < -0.39 is 23.3 Å². The molecule has 1 aliphatic heterocycles. The highest BCUT2D eigenvalue weighted by molar-refractivity contribution is 5.95. The second kappa shape index (κ2) is 6.51. The Hall–Kier alpha value is -2.35. The summed E-state index contributed by atoms with van der Waals surface area (Å²) in [4.78, 5) is 15.4. The fourth-order valence-electron chi connectivity index (χ4n) is 3.02. The van der Waals surface area contributed by atoms with Gasteiger partial charge in [-0.15, -0.1) is 0 Å². The highest BCUT2D eigenvalue weighted by atomic mass is 19.4. The molecule has 1 amide bonds. The number of alkyl halides is 3. The summed E-state index contributed by atoms with van der Waals surface area (Å²) in [6.07, 6.45) is -3.65. The number of benzene rings is 1. The number of carbonyl (C=O) groups is 1. The fraction of sp³-hybridized carbons (Fsp3) is 0.412. The van der Waals surface area contributed by atoms with E-state index in [-0.39, 0.29) is 0 Å². The molecule has 1 aromatic carbocycles. The predicted octanol–water partition coefficient (Wildman–Crippen LogP) is 1.17. The summed E-state index contributed by atoms with van der Waals surface area (Å²) in [5.74, 6) is -0.611. The van der Waals surface area contributed by atoms with Gasteiger partial charge < -0.3 is 9.80 Å². The SMILES string of the molecule is Cc1ccccc1-n1ncc(C(=O)N2CC[NH+](C)CC2)c1C(F)(F)F. The van der Waals surface area contributed by atoms with Crippen LogP contribution in [0.15, 0.2) is 30.5 Å². The number of quaternary nitrogens is 1. The minimum Gasteiger partial charge on any atom is -0.334 e. The summed E-state index contributed by atoms with van der Waals surface area (Å²) < 4.78 is 42.0. The normalized spacial score (nSPS) is 16.3. The van der Waals surface area contributed by atoms with Gasteiger partial charge in [-0.25, -0.2) is 4.68 Å². The van der Waals surface area contributed by atoms with Gasteiger partial charge in [-0.3, -0.25) is 4.79 Å². The first-order chi connectivity index (χ1) is 11.8. The van der Waals surface area contributed by atoms with E-state index in [0.29, 0.717) is 24.3 Å². The number of nitrogens with zero attached hydrogens (tertiary/aromatic N) is 3. The van der Waals surface area contributed by atoms with Gasteiger partial charge in [0.2, 0.25) is 0 Å². The fourth-order valence-corrected chi connectivity index (χ4v) is 3.02. The minimum absolute atomic E-state index is 0.316. The minimum atomic E-state index is -4.68. The third-order valence-corrected chi connectivity index (χ3v) is 4.52. The number of hydrogen-bond acceptors (Lipinski definition) is 2. The van der Waals surface area contributed by atoms with Crippen LogP contribution in [0.3, 0.4) is 0 Å². The summed E-state index contributed by atoms with van der Waals surface area (Å²) in [6.45, 7) is 4.04. The molecule has 2 heterocycles. The zero-order valence-electron chi connectivity index (χ0n) is 14.1. The van der Waals surface area contributed by atoms with Crippen molar-refractivity contribution in [1.29, 1.82) is 0 Å². The first-order valence-electron chi connectivity index (χ1n) is 8.11. The van der Waals surface area contributed by atoms with E-state index >= 15 is 0 Å². The van der Waals surface area contributed by atoms with Crippen LogP contribution >= 0.6 is 0 Å². The highest BCUT2D eigenvalue weighted by Gasteiger charge is 2.42. The third kappa shape index (κ3) is 3.39. The van der Waals surface area contributed by atoms with Crippen LogP contribution in [-0.2, 0) is 6.18 Å². The van der Waals surface area contributed by atoms with Crippen molar-refractivity contribution in [2.24, 2.45) is 0 Å². The predicted molar refractivity (Wildman–Crippen MR) is 85.8 cm³/mol. The zero-order valence-corrected chi connectivity index (χ0v) is 14.1. The van der Waals surface area contributed by atoms with Gasteiger partial charge in [0.25, 0.3) is 5.91 Å². The number of halogens is 3. The van der Waals surface area contributed by atoms with Crippen molar-refractivity contribution in [2.45, 2.75) is 13.1 Å². The van der Waals surface area contributed by atoms with E-state index in [0.717, 1.165) is 24.0 Å². The van der Waals surface area contributed by atoms with Gasteiger partial charge in [0.15, 0.2) is 5.69 Å². The van der Waals surface area contributed by atoms with Crippen LogP contribution in [0.5, 0.6) is 0 Å². The monoisotopic (exact) mass is 353 g/mol. The van der Waals surface area contributed by atoms with Gasteiger partial charge in [0, 0.05) is 0 Å². The Balaban J connectivity index is 2.04. The molecule has 5 nitrogen and oxygen atoms in total. The lowest BCUT2D eigenvalue weighted by Crippen LogP contribution is -3.12. The Morgan fingerprint density at radius 1 is 1.20 bits per heavy atom. The molecule has 1 aliphatic rings. The summed E-state index contributed by atoms with van der Waals surface area (Å²) in [7, 11) is 2.00. The number of amides is 1. The smallest absolute Gasteiger partial charge is 0.334 e. The van der Waals surface area contributed by atoms with Crippen LogP contribution in [0.4, 0.5) is 13.2 Å². The number of rotatable bonds is 2. The van der Waals surface area contributed by atoms with Crippen molar-refractivity contribution in [3.05, 3.63) is 47.3 Å². The maximum absolute atomic E-state index is 13.7. The number of para-hydroxylation sites is 1. The van der Waals surface area contributed by atoms with Gasteiger partial charge in [-0.05, 0) is 18.6 Å². The average molecular weight is 353 g/mol. The molecule has 2 aromatic rings. The Bertz CT molecular complexity index is 776. The zero-order chi connectivity index (χ0) is 18.2. The van der Waals surface area contributed by atoms with Crippen molar-refractivity contribution >= 4 is 5.91 Å². The van der Waals surface area contributed by atoms with Crippen molar-refractivity contribution in [3.63, 3.8) is 0 Å². The molecule has 1 fully saturated rings. The van der Waals surface area contributed by atoms with Crippen LogP contribution in [0, 0.1) is 6.92 Å². The van der Waals surface area contributed by atoms with E-state index in [2.05, 4.69) is 5.10 Å². The van der Waals surface area contributed by atoms with Crippen LogP contribution in [-0.4, -0.2) is 53.8 Å². The second-order valence-corrected chi connectivity index (χ2v) is 6.35. The summed E-state index contributed by atoms with van der Waals surface area (Å²) in [5, 5.41) is 3.89. The molecule has 1 aromatic heterocycles. The first-order valence-corrected chi connectivity index (χ1v) is 8.11. The van der Waals surface area contributed by atoms with Gasteiger partial charge in [0.05, 0.1) is 50.7 Å².